The zero-order chi connectivity index (χ0) is 17.1. The summed E-state index contributed by atoms with van der Waals surface area (Å²) in [5.41, 5.74) is 3.52. The van der Waals surface area contributed by atoms with E-state index >= 15 is 0 Å². The molecule has 0 aliphatic carbocycles. The van der Waals surface area contributed by atoms with Crippen molar-refractivity contribution in [3.05, 3.63) is 65.5 Å². The minimum atomic E-state index is 0.113. The molecule has 0 saturated carbocycles. The molecule has 0 bridgehead atoms. The first-order chi connectivity index (χ1) is 11.5. The van der Waals surface area contributed by atoms with Crippen molar-refractivity contribution in [2.45, 2.75) is 43.8 Å². The van der Waals surface area contributed by atoms with Gasteiger partial charge in [0.1, 0.15) is 0 Å². The molecule has 124 valence electrons. The number of rotatable bonds is 5. The van der Waals surface area contributed by atoms with E-state index in [0.717, 1.165) is 5.56 Å². The second-order valence-electron chi connectivity index (χ2n) is 6.30. The van der Waals surface area contributed by atoms with E-state index in [-0.39, 0.29) is 5.25 Å². The molecule has 1 unspecified atom stereocenters. The smallest absolute Gasteiger partial charge is 0.247 e. The fraction of sp³-hybridized carbons (Fsp3) is 0.300. The fourth-order valence-electron chi connectivity index (χ4n) is 2.40. The SMILES string of the molecule is Cc1ccc(-c2nnc(C(C)Sc3ccc(C(C)C)cc3)o2)cc1. The molecule has 0 fully saturated rings. The lowest BCUT2D eigenvalue weighted by molar-refractivity contribution is 0.509. The summed E-state index contributed by atoms with van der Waals surface area (Å²) in [7, 11) is 0. The third-order valence-corrected chi connectivity index (χ3v) is 5.05. The topological polar surface area (TPSA) is 38.9 Å². The van der Waals surface area contributed by atoms with Gasteiger partial charge in [0, 0.05) is 10.5 Å². The van der Waals surface area contributed by atoms with E-state index < -0.39 is 0 Å². The third-order valence-electron chi connectivity index (χ3n) is 3.95. The van der Waals surface area contributed by atoms with Gasteiger partial charge in [-0.05, 0) is 49.6 Å². The van der Waals surface area contributed by atoms with Crippen LogP contribution in [0.5, 0.6) is 0 Å². The Morgan fingerprint density at radius 1 is 0.875 bits per heavy atom. The van der Waals surface area contributed by atoms with Crippen LogP contribution in [0.1, 0.15) is 49.0 Å². The molecular formula is C20H22N2OS. The molecular weight excluding hydrogens is 316 g/mol. The van der Waals surface area contributed by atoms with Crippen molar-refractivity contribution in [1.82, 2.24) is 10.2 Å². The van der Waals surface area contributed by atoms with Gasteiger partial charge >= 0.3 is 0 Å². The first-order valence-electron chi connectivity index (χ1n) is 8.20. The first-order valence-corrected chi connectivity index (χ1v) is 9.08. The highest BCUT2D eigenvalue weighted by molar-refractivity contribution is 7.99. The number of hydrogen-bond donors (Lipinski definition) is 0. The molecule has 1 atom stereocenters. The van der Waals surface area contributed by atoms with Gasteiger partial charge in [-0.25, -0.2) is 0 Å². The predicted molar refractivity (Wildman–Crippen MR) is 99.3 cm³/mol. The molecule has 0 aliphatic heterocycles. The van der Waals surface area contributed by atoms with Crippen LogP contribution >= 0.6 is 11.8 Å². The molecule has 1 heterocycles. The van der Waals surface area contributed by atoms with Gasteiger partial charge in [-0.15, -0.1) is 22.0 Å². The molecule has 1 aromatic heterocycles. The first kappa shape index (κ1) is 16.8. The van der Waals surface area contributed by atoms with Crippen molar-refractivity contribution in [2.24, 2.45) is 0 Å². The van der Waals surface area contributed by atoms with Gasteiger partial charge in [0.25, 0.3) is 0 Å². The largest absolute Gasteiger partial charge is 0.419 e. The Kier molecular flexibility index (Phi) is 5.05. The summed E-state index contributed by atoms with van der Waals surface area (Å²) in [5.74, 6) is 1.78. The van der Waals surface area contributed by atoms with Crippen LogP contribution in [-0.4, -0.2) is 10.2 Å². The van der Waals surface area contributed by atoms with Crippen LogP contribution in [0.2, 0.25) is 0 Å². The zero-order valence-corrected chi connectivity index (χ0v) is 15.3. The van der Waals surface area contributed by atoms with Crippen LogP contribution in [0.4, 0.5) is 0 Å². The Labute approximate surface area is 147 Å². The number of aryl methyl sites for hydroxylation is 1. The highest BCUT2D eigenvalue weighted by Gasteiger charge is 2.16. The van der Waals surface area contributed by atoms with Gasteiger partial charge in [-0.3, -0.25) is 0 Å². The maximum absolute atomic E-state index is 5.86. The number of benzene rings is 2. The normalized spacial score (nSPS) is 12.5. The monoisotopic (exact) mass is 338 g/mol. The van der Waals surface area contributed by atoms with E-state index in [9.17, 15) is 0 Å². The molecule has 0 N–H and O–H groups in total. The van der Waals surface area contributed by atoms with Crippen LogP contribution < -0.4 is 0 Å². The standard InChI is InChI=1S/C20H22N2OS/c1-13(2)16-9-11-18(12-10-16)24-15(4)19-21-22-20(23-19)17-7-5-14(3)6-8-17/h5-13,15H,1-4H3. The van der Waals surface area contributed by atoms with Crippen molar-refractivity contribution in [1.29, 1.82) is 0 Å². The van der Waals surface area contributed by atoms with Gasteiger partial charge < -0.3 is 4.42 Å². The summed E-state index contributed by atoms with van der Waals surface area (Å²) in [6, 6.07) is 16.8. The fourth-order valence-corrected chi connectivity index (χ4v) is 3.30. The lowest BCUT2D eigenvalue weighted by Gasteiger charge is -2.09. The molecule has 3 aromatic rings. The maximum Gasteiger partial charge on any atom is 0.247 e. The summed E-state index contributed by atoms with van der Waals surface area (Å²) < 4.78 is 5.86. The van der Waals surface area contributed by atoms with Crippen LogP contribution in [-0.2, 0) is 0 Å². The van der Waals surface area contributed by atoms with Gasteiger partial charge in [-0.2, -0.15) is 0 Å². The van der Waals surface area contributed by atoms with Crippen LogP contribution in [0, 0.1) is 6.92 Å². The summed E-state index contributed by atoms with van der Waals surface area (Å²) in [4.78, 5) is 1.21. The van der Waals surface area contributed by atoms with Gasteiger partial charge in [0.05, 0.1) is 5.25 Å². The van der Waals surface area contributed by atoms with Crippen molar-refractivity contribution >= 4 is 11.8 Å². The molecule has 0 radical (unpaired) electrons. The molecule has 2 aromatic carbocycles. The van der Waals surface area contributed by atoms with E-state index in [1.54, 1.807) is 11.8 Å². The molecule has 3 rings (SSSR count). The van der Waals surface area contributed by atoms with Crippen LogP contribution in [0.15, 0.2) is 57.8 Å². The van der Waals surface area contributed by atoms with Gasteiger partial charge in [-0.1, -0.05) is 43.7 Å². The van der Waals surface area contributed by atoms with Crippen molar-refractivity contribution in [3.63, 3.8) is 0 Å². The summed E-state index contributed by atoms with van der Waals surface area (Å²) in [6.07, 6.45) is 0. The van der Waals surface area contributed by atoms with Crippen molar-refractivity contribution < 1.29 is 4.42 Å². The molecule has 0 saturated heterocycles. The molecule has 0 aliphatic rings. The lowest BCUT2D eigenvalue weighted by atomic mass is 10.0. The molecule has 0 spiro atoms. The molecule has 3 nitrogen and oxygen atoms in total. The Hall–Kier alpha value is -2.07. The van der Waals surface area contributed by atoms with Crippen LogP contribution in [0.25, 0.3) is 11.5 Å². The van der Waals surface area contributed by atoms with Crippen molar-refractivity contribution in [2.75, 3.05) is 0 Å². The minimum absolute atomic E-state index is 0.113. The number of aromatic nitrogens is 2. The van der Waals surface area contributed by atoms with E-state index in [0.29, 0.717) is 17.7 Å². The third kappa shape index (κ3) is 3.88. The Morgan fingerprint density at radius 2 is 1.54 bits per heavy atom. The second-order valence-corrected chi connectivity index (χ2v) is 7.71. The minimum Gasteiger partial charge on any atom is -0.419 e. The zero-order valence-electron chi connectivity index (χ0n) is 14.5. The van der Waals surface area contributed by atoms with E-state index in [1.165, 1.54) is 16.0 Å². The number of thioether (sulfide) groups is 1. The summed E-state index contributed by atoms with van der Waals surface area (Å²) in [5, 5.41) is 8.52. The summed E-state index contributed by atoms with van der Waals surface area (Å²) >= 11 is 1.73. The van der Waals surface area contributed by atoms with Gasteiger partial charge in [0.15, 0.2) is 0 Å². The maximum atomic E-state index is 5.86. The quantitative estimate of drug-likeness (QED) is 0.533. The molecule has 24 heavy (non-hydrogen) atoms. The van der Waals surface area contributed by atoms with Crippen LogP contribution in [0.3, 0.4) is 0 Å². The Morgan fingerprint density at radius 3 is 2.17 bits per heavy atom. The molecule has 4 heteroatoms. The highest BCUT2D eigenvalue weighted by atomic mass is 32.2. The average molecular weight is 338 g/mol. The Balaban J connectivity index is 1.71. The predicted octanol–water partition coefficient (Wildman–Crippen LogP) is 6.02. The van der Waals surface area contributed by atoms with Crippen molar-refractivity contribution in [3.8, 4) is 11.5 Å². The Bertz CT molecular complexity index is 791. The number of hydrogen-bond acceptors (Lipinski definition) is 4. The second kappa shape index (κ2) is 7.22. The van der Waals surface area contributed by atoms with Gasteiger partial charge in [0.2, 0.25) is 11.8 Å². The highest BCUT2D eigenvalue weighted by Crippen LogP contribution is 2.35. The van der Waals surface area contributed by atoms with E-state index in [1.807, 2.05) is 24.3 Å². The van der Waals surface area contributed by atoms with E-state index in [4.69, 9.17) is 4.42 Å². The lowest BCUT2D eigenvalue weighted by Crippen LogP contribution is -1.90. The molecule has 0 amide bonds. The average Bonchev–Trinajstić information content (AvgIpc) is 3.06. The number of nitrogens with zero attached hydrogens (tertiary/aromatic N) is 2. The summed E-state index contributed by atoms with van der Waals surface area (Å²) in [6.45, 7) is 8.56. The van der Waals surface area contributed by atoms with E-state index in [2.05, 4.69) is 62.2 Å².